The highest BCUT2D eigenvalue weighted by atomic mass is 79.9. The van der Waals surface area contributed by atoms with Gasteiger partial charge in [0.2, 0.25) is 0 Å². The first-order valence-corrected chi connectivity index (χ1v) is 7.32. The van der Waals surface area contributed by atoms with Crippen molar-refractivity contribution in [3.8, 4) is 22.8 Å². The number of hydrogen-bond acceptors (Lipinski definition) is 4. The van der Waals surface area contributed by atoms with Crippen LogP contribution in [-0.4, -0.2) is 26.9 Å². The average molecular weight is 363 g/mol. The lowest BCUT2D eigenvalue weighted by atomic mass is 10.2. The molecule has 0 unspecified atom stereocenters. The number of benzene rings is 1. The van der Waals surface area contributed by atoms with E-state index < -0.39 is 0 Å². The highest BCUT2D eigenvalue weighted by Gasteiger charge is 2.11. The molecule has 0 atom stereocenters. The van der Waals surface area contributed by atoms with Gasteiger partial charge in [0.1, 0.15) is 5.75 Å². The number of aromatic nitrogens is 4. The van der Waals surface area contributed by atoms with Gasteiger partial charge < -0.3 is 4.74 Å². The molecular weight excluding hydrogens is 352 g/mol. The van der Waals surface area contributed by atoms with E-state index in [-0.39, 0.29) is 0 Å². The van der Waals surface area contributed by atoms with Crippen LogP contribution in [0.15, 0.2) is 47.2 Å². The summed E-state index contributed by atoms with van der Waals surface area (Å²) in [5.41, 5.74) is 1.78. The van der Waals surface area contributed by atoms with Gasteiger partial charge in [0.15, 0.2) is 10.6 Å². The third-order valence-corrected chi connectivity index (χ3v) is 3.67. The van der Waals surface area contributed by atoms with E-state index in [9.17, 15) is 0 Å². The molecule has 5 nitrogen and oxygen atoms in total. The molecule has 0 aliphatic heterocycles. The first kappa shape index (κ1) is 14.0. The minimum Gasteiger partial charge on any atom is -0.497 e. The molecule has 0 saturated heterocycles. The summed E-state index contributed by atoms with van der Waals surface area (Å²) in [6.45, 7) is 0. The predicted octanol–water partition coefficient (Wildman–Crippen LogP) is 3.76. The Balaban J connectivity index is 2.14. The third-order valence-electron chi connectivity index (χ3n) is 2.97. The summed E-state index contributed by atoms with van der Waals surface area (Å²) < 4.78 is 8.44. The van der Waals surface area contributed by atoms with Crippen LogP contribution in [-0.2, 0) is 0 Å². The number of hydrogen-bond donors (Lipinski definition) is 1. The Morgan fingerprint density at radius 2 is 2.00 bits per heavy atom. The molecule has 1 aromatic carbocycles. The van der Waals surface area contributed by atoms with Crippen molar-refractivity contribution in [2.45, 2.75) is 0 Å². The molecular formula is C14H11BrN4OS. The fourth-order valence-corrected chi connectivity index (χ4v) is 2.60. The van der Waals surface area contributed by atoms with Crippen LogP contribution in [0, 0.1) is 4.77 Å². The minimum atomic E-state index is 0.523. The Hall–Kier alpha value is -1.99. The highest BCUT2D eigenvalue weighted by molar-refractivity contribution is 9.10. The zero-order valence-corrected chi connectivity index (χ0v) is 13.5. The highest BCUT2D eigenvalue weighted by Crippen LogP contribution is 2.24. The van der Waals surface area contributed by atoms with Crippen molar-refractivity contribution in [2.75, 3.05) is 7.11 Å². The molecule has 2 heterocycles. The molecule has 0 saturated carbocycles. The summed E-state index contributed by atoms with van der Waals surface area (Å²) in [6.07, 6.45) is 3.47. The molecule has 3 aromatic rings. The van der Waals surface area contributed by atoms with Crippen molar-refractivity contribution in [3.05, 3.63) is 52.0 Å². The fourth-order valence-electron chi connectivity index (χ4n) is 2.00. The Morgan fingerprint density at radius 3 is 2.67 bits per heavy atom. The van der Waals surface area contributed by atoms with E-state index in [1.807, 2.05) is 34.9 Å². The maximum absolute atomic E-state index is 5.33. The zero-order valence-electron chi connectivity index (χ0n) is 11.1. The summed E-state index contributed by atoms with van der Waals surface area (Å²) in [5.74, 6) is 1.50. The molecule has 0 amide bonds. The molecule has 3 rings (SSSR count). The van der Waals surface area contributed by atoms with E-state index in [0.29, 0.717) is 10.6 Å². The second-order valence-electron chi connectivity index (χ2n) is 4.28. The van der Waals surface area contributed by atoms with E-state index in [4.69, 9.17) is 17.0 Å². The van der Waals surface area contributed by atoms with Crippen LogP contribution in [0.2, 0.25) is 0 Å². The molecule has 2 aromatic heterocycles. The third kappa shape index (κ3) is 2.74. The van der Waals surface area contributed by atoms with Gasteiger partial charge in [0.05, 0.1) is 12.8 Å². The summed E-state index contributed by atoms with van der Waals surface area (Å²) >= 11 is 8.74. The van der Waals surface area contributed by atoms with Crippen molar-refractivity contribution in [1.29, 1.82) is 0 Å². The Morgan fingerprint density at radius 1 is 1.24 bits per heavy atom. The smallest absolute Gasteiger partial charge is 0.200 e. The van der Waals surface area contributed by atoms with Crippen molar-refractivity contribution in [1.82, 2.24) is 19.7 Å². The van der Waals surface area contributed by atoms with Crippen LogP contribution in [0.1, 0.15) is 0 Å². The standard InChI is InChI=1S/C14H11BrN4OS/c1-20-12-4-2-11(3-5-12)19-13(17-18-14(19)21)9-6-10(15)8-16-7-9/h2-8H,1H3,(H,18,21). The molecule has 0 fully saturated rings. The fraction of sp³-hybridized carbons (Fsp3) is 0.0714. The summed E-state index contributed by atoms with van der Waals surface area (Å²) in [7, 11) is 1.64. The van der Waals surface area contributed by atoms with Crippen LogP contribution in [0.5, 0.6) is 5.75 Å². The molecule has 1 N–H and O–H groups in total. The molecule has 0 bridgehead atoms. The van der Waals surface area contributed by atoms with Gasteiger partial charge >= 0.3 is 0 Å². The lowest BCUT2D eigenvalue weighted by Gasteiger charge is -2.08. The van der Waals surface area contributed by atoms with Crippen LogP contribution in [0.25, 0.3) is 17.1 Å². The molecule has 0 aliphatic rings. The number of nitrogens with one attached hydrogen (secondary N) is 1. The van der Waals surface area contributed by atoms with E-state index >= 15 is 0 Å². The van der Waals surface area contributed by atoms with Gasteiger partial charge in [0, 0.05) is 22.4 Å². The van der Waals surface area contributed by atoms with Crippen molar-refractivity contribution in [3.63, 3.8) is 0 Å². The van der Waals surface area contributed by atoms with E-state index in [1.165, 1.54) is 0 Å². The van der Waals surface area contributed by atoms with Crippen molar-refractivity contribution >= 4 is 28.1 Å². The minimum absolute atomic E-state index is 0.523. The molecule has 106 valence electrons. The topological polar surface area (TPSA) is 55.7 Å². The SMILES string of the molecule is COc1ccc(-n2c(-c3cncc(Br)c3)n[nH]c2=S)cc1. The van der Waals surface area contributed by atoms with Gasteiger partial charge in [-0.1, -0.05) is 0 Å². The normalized spacial score (nSPS) is 10.6. The van der Waals surface area contributed by atoms with E-state index in [0.717, 1.165) is 21.5 Å². The Bertz CT molecular complexity index is 825. The Labute approximate surface area is 134 Å². The first-order chi connectivity index (χ1) is 10.2. The number of aromatic amines is 1. The number of rotatable bonds is 3. The lowest BCUT2D eigenvalue weighted by molar-refractivity contribution is 0.414. The van der Waals surface area contributed by atoms with Crippen molar-refractivity contribution in [2.24, 2.45) is 0 Å². The quantitative estimate of drug-likeness (QED) is 0.720. The van der Waals surface area contributed by atoms with E-state index in [2.05, 4.69) is 31.1 Å². The van der Waals surface area contributed by atoms with Gasteiger partial charge in [-0.3, -0.25) is 14.6 Å². The number of methoxy groups -OCH3 is 1. The molecule has 0 spiro atoms. The number of pyridine rings is 1. The largest absolute Gasteiger partial charge is 0.497 e. The lowest BCUT2D eigenvalue weighted by Crippen LogP contribution is -1.98. The number of halogens is 1. The summed E-state index contributed by atoms with van der Waals surface area (Å²) in [6, 6.07) is 9.57. The van der Waals surface area contributed by atoms with Crippen LogP contribution >= 0.6 is 28.1 Å². The second-order valence-corrected chi connectivity index (χ2v) is 5.58. The molecule has 0 radical (unpaired) electrons. The van der Waals surface area contributed by atoms with Crippen LogP contribution < -0.4 is 4.74 Å². The van der Waals surface area contributed by atoms with Gasteiger partial charge in [-0.2, -0.15) is 5.10 Å². The number of ether oxygens (including phenoxy) is 1. The Kier molecular flexibility index (Phi) is 3.85. The number of H-pyrrole nitrogens is 1. The van der Waals surface area contributed by atoms with Gasteiger partial charge in [-0.25, -0.2) is 0 Å². The summed E-state index contributed by atoms with van der Waals surface area (Å²) in [5, 5.41) is 7.12. The van der Waals surface area contributed by atoms with Gasteiger partial charge in [-0.15, -0.1) is 0 Å². The predicted molar refractivity (Wildman–Crippen MR) is 86.2 cm³/mol. The van der Waals surface area contributed by atoms with Crippen LogP contribution in [0.3, 0.4) is 0 Å². The molecule has 7 heteroatoms. The average Bonchev–Trinajstić information content (AvgIpc) is 2.89. The zero-order chi connectivity index (χ0) is 14.8. The first-order valence-electron chi connectivity index (χ1n) is 6.12. The van der Waals surface area contributed by atoms with Crippen molar-refractivity contribution < 1.29 is 4.74 Å². The summed E-state index contributed by atoms with van der Waals surface area (Å²) in [4.78, 5) is 4.16. The molecule has 0 aliphatic carbocycles. The maximum atomic E-state index is 5.33. The second kappa shape index (κ2) is 5.79. The van der Waals surface area contributed by atoms with Gasteiger partial charge in [0.25, 0.3) is 0 Å². The van der Waals surface area contributed by atoms with Gasteiger partial charge in [-0.05, 0) is 58.5 Å². The molecule has 21 heavy (non-hydrogen) atoms. The monoisotopic (exact) mass is 362 g/mol. The van der Waals surface area contributed by atoms with Crippen LogP contribution in [0.4, 0.5) is 0 Å². The number of nitrogens with zero attached hydrogens (tertiary/aromatic N) is 3. The maximum Gasteiger partial charge on any atom is 0.200 e. The van der Waals surface area contributed by atoms with E-state index in [1.54, 1.807) is 19.5 Å².